The third-order valence-electron chi connectivity index (χ3n) is 4.19. The zero-order valence-electron chi connectivity index (χ0n) is 11.1. The molecule has 15 heavy (non-hydrogen) atoms. The summed E-state index contributed by atoms with van der Waals surface area (Å²) in [7, 11) is 0. The van der Waals surface area contributed by atoms with E-state index in [2.05, 4.69) is 33.0 Å². The number of rotatable bonds is 6. The van der Waals surface area contributed by atoms with E-state index in [1.165, 1.54) is 32.1 Å². The summed E-state index contributed by atoms with van der Waals surface area (Å²) in [5.74, 6) is 2.72. The molecular formula is C14H29N. The average molecular weight is 211 g/mol. The first-order chi connectivity index (χ1) is 7.20. The lowest BCUT2D eigenvalue weighted by atomic mass is 9.81. The molecule has 0 aromatic heterocycles. The van der Waals surface area contributed by atoms with E-state index >= 15 is 0 Å². The van der Waals surface area contributed by atoms with E-state index in [1.54, 1.807) is 0 Å². The van der Waals surface area contributed by atoms with Gasteiger partial charge in [-0.3, -0.25) is 0 Å². The third-order valence-corrected chi connectivity index (χ3v) is 4.19. The van der Waals surface area contributed by atoms with Crippen LogP contribution in [0.15, 0.2) is 0 Å². The molecule has 1 heteroatoms. The first-order valence-corrected chi connectivity index (χ1v) is 6.94. The Morgan fingerprint density at radius 2 is 2.00 bits per heavy atom. The quantitative estimate of drug-likeness (QED) is 0.704. The predicted molar refractivity (Wildman–Crippen MR) is 68.0 cm³/mol. The molecule has 1 N–H and O–H groups in total. The van der Waals surface area contributed by atoms with Crippen LogP contribution < -0.4 is 5.32 Å². The second kappa shape index (κ2) is 6.52. The highest BCUT2D eigenvalue weighted by atomic mass is 14.9. The average Bonchev–Trinajstić information content (AvgIpc) is 2.61. The summed E-state index contributed by atoms with van der Waals surface area (Å²) in [4.78, 5) is 0. The minimum atomic E-state index is 0.771. The molecule has 90 valence electrons. The molecule has 1 saturated carbocycles. The van der Waals surface area contributed by atoms with Gasteiger partial charge in [-0.2, -0.15) is 0 Å². The van der Waals surface area contributed by atoms with Gasteiger partial charge in [0.2, 0.25) is 0 Å². The first-order valence-electron chi connectivity index (χ1n) is 6.94. The largest absolute Gasteiger partial charge is 0.314 e. The smallest absolute Gasteiger partial charge is 0.0123 e. The SMILES string of the molecule is CCCC(C)C(NCC)C1CCCC1C. The van der Waals surface area contributed by atoms with Crippen molar-refractivity contribution in [1.82, 2.24) is 5.32 Å². The van der Waals surface area contributed by atoms with E-state index in [0.717, 1.165) is 30.3 Å². The van der Waals surface area contributed by atoms with Crippen LogP contribution in [-0.2, 0) is 0 Å². The van der Waals surface area contributed by atoms with Crippen LogP contribution in [0.1, 0.15) is 59.8 Å². The fourth-order valence-corrected chi connectivity index (χ4v) is 3.35. The fraction of sp³-hybridized carbons (Fsp3) is 1.00. The highest BCUT2D eigenvalue weighted by molar-refractivity contribution is 4.87. The van der Waals surface area contributed by atoms with Crippen LogP contribution in [0.25, 0.3) is 0 Å². The minimum absolute atomic E-state index is 0.771. The molecule has 4 atom stereocenters. The monoisotopic (exact) mass is 211 g/mol. The van der Waals surface area contributed by atoms with Crippen LogP contribution >= 0.6 is 0 Å². The summed E-state index contributed by atoms with van der Waals surface area (Å²) < 4.78 is 0. The second-order valence-electron chi connectivity index (χ2n) is 5.42. The van der Waals surface area contributed by atoms with Gasteiger partial charge in [-0.25, -0.2) is 0 Å². The molecule has 0 bridgehead atoms. The first kappa shape index (κ1) is 13.0. The van der Waals surface area contributed by atoms with Crippen LogP contribution in [0.2, 0.25) is 0 Å². The summed E-state index contributed by atoms with van der Waals surface area (Å²) in [6, 6.07) is 0.771. The molecule has 0 amide bonds. The lowest BCUT2D eigenvalue weighted by Gasteiger charge is -2.32. The zero-order valence-corrected chi connectivity index (χ0v) is 11.1. The van der Waals surface area contributed by atoms with Crippen molar-refractivity contribution in [1.29, 1.82) is 0 Å². The van der Waals surface area contributed by atoms with Crippen molar-refractivity contribution < 1.29 is 0 Å². The lowest BCUT2D eigenvalue weighted by molar-refractivity contribution is 0.225. The van der Waals surface area contributed by atoms with Crippen LogP contribution in [0, 0.1) is 17.8 Å². The molecule has 1 nitrogen and oxygen atoms in total. The molecule has 1 aliphatic rings. The van der Waals surface area contributed by atoms with E-state index in [1.807, 2.05) is 0 Å². The van der Waals surface area contributed by atoms with Crippen LogP contribution in [0.3, 0.4) is 0 Å². The maximum atomic E-state index is 3.74. The van der Waals surface area contributed by atoms with Gasteiger partial charge in [0.15, 0.2) is 0 Å². The van der Waals surface area contributed by atoms with Gasteiger partial charge in [0, 0.05) is 6.04 Å². The third kappa shape index (κ3) is 3.48. The summed E-state index contributed by atoms with van der Waals surface area (Å²) in [6.45, 7) is 10.5. The molecule has 0 heterocycles. The van der Waals surface area contributed by atoms with Gasteiger partial charge in [0.1, 0.15) is 0 Å². The Kier molecular flexibility index (Phi) is 5.66. The standard InChI is InChI=1S/C14H29N/c1-5-8-12(4)14(15-6-2)13-10-7-9-11(13)3/h11-15H,5-10H2,1-4H3. The minimum Gasteiger partial charge on any atom is -0.314 e. The highest BCUT2D eigenvalue weighted by Crippen LogP contribution is 2.36. The molecule has 0 aliphatic heterocycles. The van der Waals surface area contributed by atoms with Crippen molar-refractivity contribution in [2.75, 3.05) is 6.54 Å². The molecule has 1 rings (SSSR count). The number of hydrogen-bond acceptors (Lipinski definition) is 1. The van der Waals surface area contributed by atoms with Gasteiger partial charge < -0.3 is 5.32 Å². The highest BCUT2D eigenvalue weighted by Gasteiger charge is 2.32. The van der Waals surface area contributed by atoms with Crippen LogP contribution in [0.4, 0.5) is 0 Å². The second-order valence-corrected chi connectivity index (χ2v) is 5.42. The van der Waals surface area contributed by atoms with Crippen molar-refractivity contribution in [2.45, 2.75) is 65.8 Å². The molecule has 4 unspecified atom stereocenters. The lowest BCUT2D eigenvalue weighted by Crippen LogP contribution is -2.42. The summed E-state index contributed by atoms with van der Waals surface area (Å²) in [5.41, 5.74) is 0. The van der Waals surface area contributed by atoms with Crippen LogP contribution in [-0.4, -0.2) is 12.6 Å². The predicted octanol–water partition coefficient (Wildman–Crippen LogP) is 3.84. The van der Waals surface area contributed by atoms with E-state index < -0.39 is 0 Å². The van der Waals surface area contributed by atoms with E-state index in [4.69, 9.17) is 0 Å². The molecular weight excluding hydrogens is 182 g/mol. The van der Waals surface area contributed by atoms with E-state index in [9.17, 15) is 0 Å². The Bertz CT molecular complexity index is 167. The summed E-state index contributed by atoms with van der Waals surface area (Å²) >= 11 is 0. The topological polar surface area (TPSA) is 12.0 Å². The number of nitrogens with one attached hydrogen (secondary N) is 1. The van der Waals surface area contributed by atoms with Gasteiger partial charge in [-0.15, -0.1) is 0 Å². The molecule has 0 aromatic rings. The zero-order chi connectivity index (χ0) is 11.3. The molecule has 1 aliphatic carbocycles. The van der Waals surface area contributed by atoms with Gasteiger partial charge >= 0.3 is 0 Å². The van der Waals surface area contributed by atoms with Crippen LogP contribution in [0.5, 0.6) is 0 Å². The number of hydrogen-bond donors (Lipinski definition) is 1. The van der Waals surface area contributed by atoms with Gasteiger partial charge in [-0.05, 0) is 37.1 Å². The van der Waals surface area contributed by atoms with Crippen molar-refractivity contribution >= 4 is 0 Å². The maximum absolute atomic E-state index is 3.74. The molecule has 0 aromatic carbocycles. The van der Waals surface area contributed by atoms with Gasteiger partial charge in [0.05, 0.1) is 0 Å². The summed E-state index contributed by atoms with van der Waals surface area (Å²) in [6.07, 6.45) is 7.05. The van der Waals surface area contributed by atoms with Crippen molar-refractivity contribution in [3.63, 3.8) is 0 Å². The van der Waals surface area contributed by atoms with Crippen molar-refractivity contribution in [3.05, 3.63) is 0 Å². The Morgan fingerprint density at radius 1 is 1.27 bits per heavy atom. The maximum Gasteiger partial charge on any atom is 0.0123 e. The summed E-state index contributed by atoms with van der Waals surface area (Å²) in [5, 5.41) is 3.74. The van der Waals surface area contributed by atoms with Gasteiger partial charge in [0.25, 0.3) is 0 Å². The van der Waals surface area contributed by atoms with E-state index in [0.29, 0.717) is 0 Å². The Morgan fingerprint density at radius 3 is 2.47 bits per heavy atom. The van der Waals surface area contributed by atoms with Crippen molar-refractivity contribution in [3.8, 4) is 0 Å². The Hall–Kier alpha value is -0.0400. The van der Waals surface area contributed by atoms with E-state index in [-0.39, 0.29) is 0 Å². The van der Waals surface area contributed by atoms with Gasteiger partial charge in [-0.1, -0.05) is 47.0 Å². The fourth-order valence-electron chi connectivity index (χ4n) is 3.35. The van der Waals surface area contributed by atoms with Crippen molar-refractivity contribution in [2.24, 2.45) is 17.8 Å². The Balaban J connectivity index is 2.55. The molecule has 0 radical (unpaired) electrons. The molecule has 0 saturated heterocycles. The Labute approximate surface area is 96.0 Å². The normalized spacial score (nSPS) is 30.4. The molecule has 0 spiro atoms. The molecule has 1 fully saturated rings.